The third-order valence-corrected chi connectivity index (χ3v) is 5.71. The normalized spacial score (nSPS) is 11.1. The number of hydrogen-bond acceptors (Lipinski definition) is 5. The zero-order chi connectivity index (χ0) is 25.5. The Hall–Kier alpha value is -4.58. The molecule has 0 aliphatic rings. The number of para-hydroxylation sites is 2. The van der Waals surface area contributed by atoms with Crippen LogP contribution in [0.2, 0.25) is 0 Å². The van der Waals surface area contributed by atoms with Crippen molar-refractivity contribution in [3.05, 3.63) is 120 Å². The fourth-order valence-corrected chi connectivity index (χ4v) is 3.85. The molecule has 2 radical (unpaired) electrons. The van der Waals surface area contributed by atoms with E-state index in [2.05, 4.69) is 4.98 Å². The van der Waals surface area contributed by atoms with E-state index in [0.29, 0.717) is 46.1 Å². The highest BCUT2D eigenvalue weighted by Gasteiger charge is 2.24. The second-order valence-electron chi connectivity index (χ2n) is 8.11. The van der Waals surface area contributed by atoms with Gasteiger partial charge in [0.25, 0.3) is 5.91 Å². The summed E-state index contributed by atoms with van der Waals surface area (Å²) in [6.07, 6.45) is 5.15. The summed E-state index contributed by atoms with van der Waals surface area (Å²) in [4.78, 5) is 20.1. The lowest BCUT2D eigenvalue weighted by Crippen LogP contribution is -2.32. The van der Waals surface area contributed by atoms with Crippen LogP contribution < -0.4 is 20.1 Å². The predicted octanol–water partition coefficient (Wildman–Crippen LogP) is 5.51. The number of aromatic nitrogens is 1. The summed E-state index contributed by atoms with van der Waals surface area (Å²) < 4.78 is 10.8. The van der Waals surface area contributed by atoms with Crippen molar-refractivity contribution in [2.45, 2.75) is 6.54 Å². The zero-order valence-electron chi connectivity index (χ0n) is 20.2. The van der Waals surface area contributed by atoms with Gasteiger partial charge in [-0.25, -0.2) is 0 Å². The Balaban J connectivity index is 1.84. The average Bonchev–Trinajstić information content (AvgIpc) is 2.92. The average molecular weight is 478 g/mol. The maximum Gasteiger partial charge on any atom is 0.259 e. The van der Waals surface area contributed by atoms with Crippen LogP contribution in [0.1, 0.15) is 22.3 Å². The molecule has 0 fully saturated rings. The van der Waals surface area contributed by atoms with Crippen molar-refractivity contribution in [2.24, 2.45) is 0 Å². The molecule has 4 rings (SSSR count). The number of amides is 1. The van der Waals surface area contributed by atoms with Gasteiger partial charge in [0.15, 0.2) is 11.5 Å². The lowest BCUT2D eigenvalue weighted by atomic mass is 10.0. The number of pyridine rings is 1. The van der Waals surface area contributed by atoms with Gasteiger partial charge in [-0.2, -0.15) is 0 Å². The van der Waals surface area contributed by atoms with Crippen LogP contribution in [0, 0.1) is 6.92 Å². The van der Waals surface area contributed by atoms with Crippen LogP contribution in [0.5, 0.6) is 11.5 Å². The quantitative estimate of drug-likeness (QED) is 0.267. The van der Waals surface area contributed by atoms with Crippen LogP contribution in [0.15, 0.2) is 91.3 Å². The largest absolute Gasteiger partial charge is 0.493 e. The molecule has 36 heavy (non-hydrogen) atoms. The number of benzene rings is 3. The second-order valence-corrected chi connectivity index (χ2v) is 8.11. The number of methoxy groups -OCH3 is 2. The Morgan fingerprint density at radius 2 is 1.72 bits per heavy atom. The van der Waals surface area contributed by atoms with Gasteiger partial charge in [-0.05, 0) is 60.0 Å². The summed E-state index contributed by atoms with van der Waals surface area (Å²) in [6.45, 7) is 6.17. The number of hydrogen-bond donors (Lipinski definition) is 1. The Labute approximate surface area is 211 Å². The van der Waals surface area contributed by atoms with E-state index in [0.717, 1.165) is 11.1 Å². The van der Waals surface area contributed by atoms with Gasteiger partial charge in [-0.3, -0.25) is 9.78 Å². The van der Waals surface area contributed by atoms with Gasteiger partial charge in [-0.15, -0.1) is 0 Å². The van der Waals surface area contributed by atoms with E-state index < -0.39 is 0 Å². The smallest absolute Gasteiger partial charge is 0.259 e. The molecule has 0 saturated carbocycles. The molecule has 180 valence electrons. The Bertz CT molecular complexity index is 1370. The first-order chi connectivity index (χ1) is 17.5. The number of ether oxygens (including phenoxy) is 2. The second kappa shape index (κ2) is 11.2. The van der Waals surface area contributed by atoms with Gasteiger partial charge in [0.1, 0.15) is 0 Å². The fraction of sp³-hybridized carbons (Fsp3) is 0.100. The van der Waals surface area contributed by atoms with E-state index in [1.807, 2.05) is 66.7 Å². The molecule has 2 N–H and O–H groups in total. The molecular formula is C30H27N3O3. The summed E-state index contributed by atoms with van der Waals surface area (Å²) >= 11 is 0. The highest BCUT2D eigenvalue weighted by Crippen LogP contribution is 2.32. The molecule has 0 bridgehead atoms. The van der Waals surface area contributed by atoms with Crippen molar-refractivity contribution in [2.75, 3.05) is 24.9 Å². The molecule has 1 heterocycles. The van der Waals surface area contributed by atoms with Gasteiger partial charge in [-0.1, -0.05) is 48.5 Å². The SMILES string of the molecule is [CH]c1ccc(CN(C(=O)C(=Cc2ccc(OC)c(OC)c2)c2cccnc2)c2ccccc2N)cc1. The van der Waals surface area contributed by atoms with Gasteiger partial charge in [0, 0.05) is 23.5 Å². The molecule has 0 spiro atoms. The lowest BCUT2D eigenvalue weighted by Gasteiger charge is -2.26. The highest BCUT2D eigenvalue weighted by atomic mass is 16.5. The molecular weight excluding hydrogens is 450 g/mol. The van der Waals surface area contributed by atoms with Crippen molar-refractivity contribution in [3.8, 4) is 11.5 Å². The minimum Gasteiger partial charge on any atom is -0.493 e. The van der Waals surface area contributed by atoms with E-state index in [1.165, 1.54) is 0 Å². The standard InChI is InChI=1S/C30H27N3O3/c1-21-10-12-22(13-11-21)20-33(27-9-5-4-8-26(27)31)30(34)25(24-7-6-16-32-19-24)17-23-14-15-28(35-2)29(18-23)36-3/h1,4-19H,20,31H2,2-3H3. The number of nitrogen functional groups attached to an aromatic ring is 1. The third-order valence-electron chi connectivity index (χ3n) is 5.71. The van der Waals surface area contributed by atoms with Crippen LogP contribution >= 0.6 is 0 Å². The molecule has 6 heteroatoms. The number of rotatable bonds is 8. The first-order valence-electron chi connectivity index (χ1n) is 11.3. The van der Waals surface area contributed by atoms with Crippen molar-refractivity contribution in [1.29, 1.82) is 0 Å². The Kier molecular flexibility index (Phi) is 7.66. The first-order valence-corrected chi connectivity index (χ1v) is 11.3. The maximum absolute atomic E-state index is 14.2. The number of nitrogens with zero attached hydrogens (tertiary/aromatic N) is 2. The summed E-state index contributed by atoms with van der Waals surface area (Å²) in [7, 11) is 3.16. The lowest BCUT2D eigenvalue weighted by molar-refractivity contribution is -0.113. The first kappa shape index (κ1) is 24.5. The zero-order valence-corrected chi connectivity index (χ0v) is 20.2. The van der Waals surface area contributed by atoms with E-state index in [1.54, 1.807) is 49.7 Å². The summed E-state index contributed by atoms with van der Waals surface area (Å²) in [5.74, 6) is 0.939. The Morgan fingerprint density at radius 1 is 0.972 bits per heavy atom. The van der Waals surface area contributed by atoms with E-state index in [4.69, 9.17) is 22.1 Å². The van der Waals surface area contributed by atoms with E-state index >= 15 is 0 Å². The van der Waals surface area contributed by atoms with Gasteiger partial charge in [0.2, 0.25) is 0 Å². The summed E-state index contributed by atoms with van der Waals surface area (Å²) in [6, 6.07) is 23.9. The molecule has 0 saturated heterocycles. The van der Waals surface area contributed by atoms with Gasteiger partial charge < -0.3 is 20.1 Å². The third kappa shape index (κ3) is 5.55. The number of carbonyl (C=O) groups is 1. The molecule has 1 aromatic heterocycles. The van der Waals surface area contributed by atoms with Crippen LogP contribution in [0.25, 0.3) is 11.6 Å². The molecule has 0 aliphatic carbocycles. The van der Waals surface area contributed by atoms with Crippen LogP contribution in [-0.2, 0) is 11.3 Å². The predicted molar refractivity (Wildman–Crippen MR) is 144 cm³/mol. The van der Waals surface area contributed by atoms with Gasteiger partial charge >= 0.3 is 0 Å². The summed E-state index contributed by atoms with van der Waals surface area (Å²) in [5, 5.41) is 0. The van der Waals surface area contributed by atoms with E-state index in [-0.39, 0.29) is 5.91 Å². The molecule has 3 aromatic carbocycles. The topological polar surface area (TPSA) is 77.7 Å². The van der Waals surface area contributed by atoms with Gasteiger partial charge in [0.05, 0.1) is 32.1 Å². The Morgan fingerprint density at radius 3 is 2.39 bits per heavy atom. The summed E-state index contributed by atoms with van der Waals surface area (Å²) in [5.41, 5.74) is 10.9. The van der Waals surface area contributed by atoms with Crippen molar-refractivity contribution in [3.63, 3.8) is 0 Å². The highest BCUT2D eigenvalue weighted by molar-refractivity contribution is 6.30. The molecule has 0 atom stereocenters. The molecule has 1 amide bonds. The maximum atomic E-state index is 14.2. The van der Waals surface area contributed by atoms with Crippen molar-refractivity contribution in [1.82, 2.24) is 4.98 Å². The van der Waals surface area contributed by atoms with Crippen LogP contribution in [-0.4, -0.2) is 25.1 Å². The molecule has 4 aromatic rings. The molecule has 6 nitrogen and oxygen atoms in total. The minimum atomic E-state index is -0.229. The van der Waals surface area contributed by atoms with Crippen molar-refractivity contribution < 1.29 is 14.3 Å². The minimum absolute atomic E-state index is 0.229. The molecule has 0 aliphatic heterocycles. The fourth-order valence-electron chi connectivity index (χ4n) is 3.85. The molecule has 0 unspecified atom stereocenters. The number of nitrogens with two attached hydrogens (primary N) is 1. The van der Waals surface area contributed by atoms with Crippen LogP contribution in [0.3, 0.4) is 0 Å². The van der Waals surface area contributed by atoms with Crippen molar-refractivity contribution >= 4 is 28.9 Å². The van der Waals surface area contributed by atoms with Crippen LogP contribution in [0.4, 0.5) is 11.4 Å². The van der Waals surface area contributed by atoms with E-state index in [9.17, 15) is 4.79 Å². The monoisotopic (exact) mass is 477 g/mol. The number of carbonyl (C=O) groups excluding carboxylic acids is 1. The number of anilines is 2.